The van der Waals surface area contributed by atoms with Crippen LogP contribution in [0.15, 0.2) is 24.3 Å². The number of nitrogens with one attached hydrogen (secondary N) is 1. The lowest BCUT2D eigenvalue weighted by atomic mass is 9.99. The van der Waals surface area contributed by atoms with E-state index in [1.807, 2.05) is 31.2 Å². The van der Waals surface area contributed by atoms with Gasteiger partial charge in [0.25, 0.3) is 0 Å². The molecule has 114 valence electrons. The Bertz CT molecular complexity index is 523. The Labute approximate surface area is 123 Å². The zero-order valence-electron chi connectivity index (χ0n) is 11.9. The number of para-hydroxylation sites is 1. The number of amides is 1. The predicted octanol–water partition coefficient (Wildman–Crippen LogP) is 1.12. The molecular formula is C15H19NO5. The molecule has 21 heavy (non-hydrogen) atoms. The first-order valence-corrected chi connectivity index (χ1v) is 6.84. The van der Waals surface area contributed by atoms with Gasteiger partial charge in [-0.15, -0.1) is 0 Å². The zero-order chi connectivity index (χ0) is 15.3. The molecule has 6 nitrogen and oxygen atoms in total. The largest absolute Gasteiger partial charge is 0.493 e. The molecule has 0 aromatic heterocycles. The van der Waals surface area contributed by atoms with Gasteiger partial charge in [-0.05, 0) is 18.6 Å². The second kappa shape index (κ2) is 6.58. The van der Waals surface area contributed by atoms with Crippen LogP contribution in [0.25, 0.3) is 0 Å². The van der Waals surface area contributed by atoms with Crippen molar-refractivity contribution in [3.8, 4) is 5.75 Å². The summed E-state index contributed by atoms with van der Waals surface area (Å²) in [6, 6.07) is 7.52. The number of carboxylic acid groups (broad SMARTS) is 1. The molecule has 1 aliphatic heterocycles. The maximum atomic E-state index is 11.9. The van der Waals surface area contributed by atoms with E-state index in [2.05, 4.69) is 5.32 Å². The van der Waals surface area contributed by atoms with Crippen LogP contribution in [0.2, 0.25) is 0 Å². The van der Waals surface area contributed by atoms with Crippen LogP contribution in [0.1, 0.15) is 18.4 Å². The fourth-order valence-corrected chi connectivity index (χ4v) is 2.19. The first kappa shape index (κ1) is 15.3. The number of ether oxygens (including phenoxy) is 2. The van der Waals surface area contributed by atoms with Crippen molar-refractivity contribution in [3.63, 3.8) is 0 Å². The Morgan fingerprint density at radius 3 is 2.81 bits per heavy atom. The minimum absolute atomic E-state index is 0.00667. The average molecular weight is 293 g/mol. The predicted molar refractivity (Wildman–Crippen MR) is 75.2 cm³/mol. The summed E-state index contributed by atoms with van der Waals surface area (Å²) in [7, 11) is 0. The minimum atomic E-state index is -1.29. The summed E-state index contributed by atoms with van der Waals surface area (Å²) in [5, 5.41) is 11.8. The Kier molecular flexibility index (Phi) is 4.80. The molecule has 6 heteroatoms. The standard InChI is InChI=1S/C15H19NO5/c1-11-4-2-3-5-12(11)21-8-6-13(17)16-15(14(18)19)7-9-20-10-15/h2-5H,6-10H2,1H3,(H,16,17)(H,18,19). The number of aliphatic carboxylic acids is 1. The molecule has 1 heterocycles. The number of hydrogen-bond donors (Lipinski definition) is 2. The summed E-state index contributed by atoms with van der Waals surface area (Å²) in [6.45, 7) is 2.47. The van der Waals surface area contributed by atoms with Crippen molar-refractivity contribution in [2.45, 2.75) is 25.3 Å². The van der Waals surface area contributed by atoms with Gasteiger partial charge in [0.05, 0.1) is 19.6 Å². The van der Waals surface area contributed by atoms with E-state index in [1.54, 1.807) is 0 Å². The Balaban J connectivity index is 1.82. The van der Waals surface area contributed by atoms with E-state index in [9.17, 15) is 14.7 Å². The first-order chi connectivity index (χ1) is 10.0. The number of hydrogen-bond acceptors (Lipinski definition) is 4. The SMILES string of the molecule is Cc1ccccc1OCCC(=O)NC1(C(=O)O)CCOC1. The van der Waals surface area contributed by atoms with Gasteiger partial charge in [0.15, 0.2) is 5.54 Å². The van der Waals surface area contributed by atoms with E-state index >= 15 is 0 Å². The van der Waals surface area contributed by atoms with E-state index in [1.165, 1.54) is 0 Å². The number of benzene rings is 1. The highest BCUT2D eigenvalue weighted by atomic mass is 16.5. The second-order valence-electron chi connectivity index (χ2n) is 5.10. The van der Waals surface area contributed by atoms with Gasteiger partial charge >= 0.3 is 5.97 Å². The number of carbonyl (C=O) groups is 2. The van der Waals surface area contributed by atoms with Crippen LogP contribution in [0.4, 0.5) is 0 Å². The van der Waals surface area contributed by atoms with Crippen molar-refractivity contribution in [2.75, 3.05) is 19.8 Å². The Morgan fingerprint density at radius 2 is 2.19 bits per heavy atom. The van der Waals surface area contributed by atoms with Crippen molar-refractivity contribution in [2.24, 2.45) is 0 Å². The highest BCUT2D eigenvalue weighted by Crippen LogP contribution is 2.19. The molecule has 0 radical (unpaired) electrons. The highest BCUT2D eigenvalue weighted by molar-refractivity contribution is 5.87. The van der Waals surface area contributed by atoms with Gasteiger partial charge in [0, 0.05) is 13.0 Å². The van der Waals surface area contributed by atoms with Crippen LogP contribution < -0.4 is 10.1 Å². The van der Waals surface area contributed by atoms with Gasteiger partial charge in [-0.1, -0.05) is 18.2 Å². The second-order valence-corrected chi connectivity index (χ2v) is 5.10. The lowest BCUT2D eigenvalue weighted by Gasteiger charge is -2.23. The maximum Gasteiger partial charge on any atom is 0.331 e. The summed E-state index contributed by atoms with van der Waals surface area (Å²) < 4.78 is 10.6. The van der Waals surface area contributed by atoms with E-state index in [-0.39, 0.29) is 32.0 Å². The van der Waals surface area contributed by atoms with Gasteiger partial charge in [-0.3, -0.25) is 4.79 Å². The molecule has 1 amide bonds. The molecule has 2 N–H and O–H groups in total. The zero-order valence-corrected chi connectivity index (χ0v) is 11.9. The van der Waals surface area contributed by atoms with Crippen LogP contribution in [0.5, 0.6) is 5.75 Å². The molecule has 1 aromatic carbocycles. The molecule has 1 fully saturated rings. The quantitative estimate of drug-likeness (QED) is 0.821. The summed E-state index contributed by atoms with van der Waals surface area (Å²) in [4.78, 5) is 23.1. The number of rotatable bonds is 6. The third kappa shape index (κ3) is 3.72. The fraction of sp³-hybridized carbons (Fsp3) is 0.467. The van der Waals surface area contributed by atoms with Gasteiger partial charge in [-0.2, -0.15) is 0 Å². The maximum absolute atomic E-state index is 11.9. The summed E-state index contributed by atoms with van der Waals surface area (Å²) in [6.07, 6.45) is 0.385. The van der Waals surface area contributed by atoms with Crippen molar-refractivity contribution < 1.29 is 24.2 Å². The molecule has 1 saturated heterocycles. The van der Waals surface area contributed by atoms with E-state index in [0.29, 0.717) is 6.61 Å². The van der Waals surface area contributed by atoms with Crippen LogP contribution >= 0.6 is 0 Å². The number of carboxylic acids is 1. The summed E-state index contributed by atoms with van der Waals surface area (Å²) >= 11 is 0. The smallest absolute Gasteiger partial charge is 0.331 e. The lowest BCUT2D eigenvalue weighted by Crippen LogP contribution is -2.55. The van der Waals surface area contributed by atoms with Gasteiger partial charge < -0.3 is 19.9 Å². The van der Waals surface area contributed by atoms with Crippen LogP contribution in [-0.2, 0) is 14.3 Å². The van der Waals surface area contributed by atoms with E-state index < -0.39 is 11.5 Å². The third-order valence-corrected chi connectivity index (χ3v) is 3.49. The summed E-state index contributed by atoms with van der Waals surface area (Å²) in [5.41, 5.74) is -0.302. The highest BCUT2D eigenvalue weighted by Gasteiger charge is 2.43. The molecule has 0 bridgehead atoms. The van der Waals surface area contributed by atoms with E-state index in [0.717, 1.165) is 11.3 Å². The molecule has 0 aliphatic carbocycles. The van der Waals surface area contributed by atoms with Crippen molar-refractivity contribution >= 4 is 11.9 Å². The van der Waals surface area contributed by atoms with E-state index in [4.69, 9.17) is 9.47 Å². The van der Waals surface area contributed by atoms with Crippen molar-refractivity contribution in [1.82, 2.24) is 5.32 Å². The molecule has 0 spiro atoms. The Hall–Kier alpha value is -2.08. The van der Waals surface area contributed by atoms with Crippen molar-refractivity contribution in [1.29, 1.82) is 0 Å². The lowest BCUT2D eigenvalue weighted by molar-refractivity contribution is -0.147. The normalized spacial score (nSPS) is 21.0. The minimum Gasteiger partial charge on any atom is -0.493 e. The number of carbonyl (C=O) groups excluding carboxylic acids is 1. The molecular weight excluding hydrogens is 274 g/mol. The molecule has 1 unspecified atom stereocenters. The molecule has 1 aliphatic rings. The average Bonchev–Trinajstić information content (AvgIpc) is 2.91. The van der Waals surface area contributed by atoms with Crippen LogP contribution in [0, 0.1) is 6.92 Å². The fourth-order valence-electron chi connectivity index (χ4n) is 2.19. The first-order valence-electron chi connectivity index (χ1n) is 6.84. The molecule has 2 rings (SSSR count). The topological polar surface area (TPSA) is 84.9 Å². The summed E-state index contributed by atoms with van der Waals surface area (Å²) in [5.74, 6) is -0.688. The van der Waals surface area contributed by atoms with Gasteiger partial charge in [-0.25, -0.2) is 4.79 Å². The van der Waals surface area contributed by atoms with Crippen LogP contribution in [0.3, 0.4) is 0 Å². The van der Waals surface area contributed by atoms with Crippen molar-refractivity contribution in [3.05, 3.63) is 29.8 Å². The molecule has 0 saturated carbocycles. The number of aryl methyl sites for hydroxylation is 1. The third-order valence-electron chi connectivity index (χ3n) is 3.49. The molecule has 1 atom stereocenters. The Morgan fingerprint density at radius 1 is 1.43 bits per heavy atom. The molecule has 1 aromatic rings. The van der Waals surface area contributed by atoms with Crippen LogP contribution in [-0.4, -0.2) is 42.3 Å². The monoisotopic (exact) mass is 293 g/mol. The van der Waals surface area contributed by atoms with Gasteiger partial charge in [0.1, 0.15) is 5.75 Å². The van der Waals surface area contributed by atoms with Gasteiger partial charge in [0.2, 0.25) is 5.91 Å².